The molecule has 0 aliphatic heterocycles. The fourth-order valence-corrected chi connectivity index (χ4v) is 3.24. The van der Waals surface area contributed by atoms with Crippen molar-refractivity contribution in [2.24, 2.45) is 11.8 Å². The molecule has 0 heterocycles. The van der Waals surface area contributed by atoms with E-state index in [-0.39, 0.29) is 0 Å². The second-order valence-electron chi connectivity index (χ2n) is 7.08. The number of nitrogens with zero attached hydrogens (tertiary/aromatic N) is 1. The third-order valence-electron chi connectivity index (χ3n) is 4.52. The first kappa shape index (κ1) is 16.4. The average Bonchev–Trinajstić information content (AvgIpc) is 2.48. The molecule has 0 bridgehead atoms. The molecule has 1 saturated carbocycles. The lowest BCUT2D eigenvalue weighted by Crippen LogP contribution is -2.26. The predicted molar refractivity (Wildman–Crippen MR) is 92.8 cm³/mol. The summed E-state index contributed by atoms with van der Waals surface area (Å²) < 4.78 is 0. The third kappa shape index (κ3) is 5.70. The molecular weight excluding hydrogens is 256 g/mol. The topological polar surface area (TPSA) is 15.3 Å². The van der Waals surface area contributed by atoms with Gasteiger partial charge in [-0.05, 0) is 48.9 Å². The fourth-order valence-electron chi connectivity index (χ4n) is 3.24. The summed E-state index contributed by atoms with van der Waals surface area (Å²) >= 11 is 0. The summed E-state index contributed by atoms with van der Waals surface area (Å²) in [6, 6.07) is 9.07. The minimum absolute atomic E-state index is 0.714. The molecule has 0 amide bonds. The second-order valence-corrected chi connectivity index (χ2v) is 7.08. The maximum Gasteiger partial charge on any atom is 0.0363 e. The van der Waals surface area contributed by atoms with E-state index in [1.54, 1.807) is 0 Å². The number of hydrogen-bond donors (Lipinski definition) is 1. The highest BCUT2D eigenvalue weighted by Crippen LogP contribution is 2.25. The molecule has 1 fully saturated rings. The molecule has 118 valence electrons. The van der Waals surface area contributed by atoms with E-state index in [0.717, 1.165) is 19.0 Å². The quantitative estimate of drug-likeness (QED) is 0.797. The van der Waals surface area contributed by atoms with Crippen molar-refractivity contribution < 1.29 is 0 Å². The number of nitrogens with one attached hydrogen (secondary N) is 1. The van der Waals surface area contributed by atoms with Crippen molar-refractivity contribution in [1.82, 2.24) is 5.32 Å². The van der Waals surface area contributed by atoms with Crippen LogP contribution in [-0.4, -0.2) is 20.1 Å². The van der Waals surface area contributed by atoms with E-state index in [1.807, 2.05) is 0 Å². The Morgan fingerprint density at radius 3 is 2.38 bits per heavy atom. The van der Waals surface area contributed by atoms with Gasteiger partial charge in [0.2, 0.25) is 0 Å². The van der Waals surface area contributed by atoms with Gasteiger partial charge < -0.3 is 10.2 Å². The smallest absolute Gasteiger partial charge is 0.0363 e. The van der Waals surface area contributed by atoms with E-state index < -0.39 is 0 Å². The van der Waals surface area contributed by atoms with Crippen LogP contribution >= 0.6 is 0 Å². The lowest BCUT2D eigenvalue weighted by Gasteiger charge is -2.28. The molecule has 2 rings (SSSR count). The van der Waals surface area contributed by atoms with Gasteiger partial charge in [0, 0.05) is 25.8 Å². The summed E-state index contributed by atoms with van der Waals surface area (Å²) in [6.07, 6.45) is 7.14. The standard InChI is InChI=1S/C19H32N2/c1-16(2)13-20-14-17-9-11-19(12-10-17)21(3)15-18-7-5-4-6-8-18/h9-12,16,18,20H,4-8,13-15H2,1-3H3. The Labute approximate surface area is 130 Å². The minimum Gasteiger partial charge on any atom is -0.374 e. The van der Waals surface area contributed by atoms with Crippen LogP contribution in [0.1, 0.15) is 51.5 Å². The van der Waals surface area contributed by atoms with Gasteiger partial charge in [0.05, 0.1) is 0 Å². The minimum atomic E-state index is 0.714. The van der Waals surface area contributed by atoms with E-state index in [1.165, 1.54) is 49.9 Å². The lowest BCUT2D eigenvalue weighted by molar-refractivity contribution is 0.362. The van der Waals surface area contributed by atoms with E-state index in [0.29, 0.717) is 5.92 Å². The zero-order valence-corrected chi connectivity index (χ0v) is 14.1. The number of benzene rings is 1. The van der Waals surface area contributed by atoms with E-state index in [9.17, 15) is 0 Å². The molecule has 1 aliphatic carbocycles. The molecule has 21 heavy (non-hydrogen) atoms. The van der Waals surface area contributed by atoms with Crippen LogP contribution in [0, 0.1) is 11.8 Å². The van der Waals surface area contributed by atoms with Crippen molar-refractivity contribution in [3.05, 3.63) is 29.8 Å². The SMILES string of the molecule is CC(C)CNCc1ccc(N(C)CC2CCCCC2)cc1. The van der Waals surface area contributed by atoms with Crippen LogP contribution in [0.2, 0.25) is 0 Å². The summed E-state index contributed by atoms with van der Waals surface area (Å²) in [5, 5.41) is 3.50. The van der Waals surface area contributed by atoms with Crippen LogP contribution < -0.4 is 10.2 Å². The van der Waals surface area contributed by atoms with E-state index in [2.05, 4.69) is 55.4 Å². The predicted octanol–water partition coefficient (Wildman–Crippen LogP) is 4.45. The van der Waals surface area contributed by atoms with E-state index >= 15 is 0 Å². The Balaban J connectivity index is 1.80. The van der Waals surface area contributed by atoms with Crippen LogP contribution in [0.25, 0.3) is 0 Å². The Bertz CT molecular complexity index is 391. The molecule has 0 radical (unpaired) electrons. The summed E-state index contributed by atoms with van der Waals surface area (Å²) in [6.45, 7) is 7.77. The highest BCUT2D eigenvalue weighted by molar-refractivity contribution is 5.46. The first-order chi connectivity index (χ1) is 10.1. The van der Waals surface area contributed by atoms with Gasteiger partial charge in [-0.1, -0.05) is 45.2 Å². The Kier molecular flexibility index (Phi) is 6.56. The normalized spacial score (nSPS) is 16.4. The summed E-state index contributed by atoms with van der Waals surface area (Å²) in [5.74, 6) is 1.61. The molecule has 2 nitrogen and oxygen atoms in total. The van der Waals surface area contributed by atoms with Crippen LogP contribution in [0.15, 0.2) is 24.3 Å². The molecule has 1 aromatic rings. The number of anilines is 1. The lowest BCUT2D eigenvalue weighted by atomic mass is 9.89. The molecule has 0 unspecified atom stereocenters. The maximum absolute atomic E-state index is 3.50. The van der Waals surface area contributed by atoms with Gasteiger partial charge >= 0.3 is 0 Å². The first-order valence-electron chi connectivity index (χ1n) is 8.66. The van der Waals surface area contributed by atoms with Crippen molar-refractivity contribution in [2.75, 3.05) is 25.0 Å². The Morgan fingerprint density at radius 1 is 1.10 bits per heavy atom. The molecule has 0 spiro atoms. The number of rotatable bonds is 7. The Morgan fingerprint density at radius 2 is 1.76 bits per heavy atom. The van der Waals surface area contributed by atoms with Gasteiger partial charge in [0.25, 0.3) is 0 Å². The third-order valence-corrected chi connectivity index (χ3v) is 4.52. The molecule has 0 saturated heterocycles. The largest absolute Gasteiger partial charge is 0.374 e. The second kappa shape index (κ2) is 8.43. The molecule has 2 heteroatoms. The van der Waals surface area contributed by atoms with Gasteiger partial charge in [0.15, 0.2) is 0 Å². The van der Waals surface area contributed by atoms with Crippen molar-refractivity contribution in [1.29, 1.82) is 0 Å². The summed E-state index contributed by atoms with van der Waals surface area (Å²) in [5.41, 5.74) is 2.73. The van der Waals surface area contributed by atoms with Gasteiger partial charge in [-0.3, -0.25) is 0 Å². The molecule has 0 aromatic heterocycles. The van der Waals surface area contributed by atoms with Gasteiger partial charge in [0.1, 0.15) is 0 Å². The van der Waals surface area contributed by atoms with Crippen molar-refractivity contribution >= 4 is 5.69 Å². The van der Waals surface area contributed by atoms with Crippen LogP contribution in [0.3, 0.4) is 0 Å². The molecule has 1 aliphatic rings. The number of hydrogen-bond acceptors (Lipinski definition) is 2. The van der Waals surface area contributed by atoms with Crippen molar-refractivity contribution in [2.45, 2.75) is 52.5 Å². The van der Waals surface area contributed by atoms with Gasteiger partial charge in [-0.25, -0.2) is 0 Å². The van der Waals surface area contributed by atoms with Crippen molar-refractivity contribution in [3.8, 4) is 0 Å². The maximum atomic E-state index is 3.50. The molecular formula is C19H32N2. The highest BCUT2D eigenvalue weighted by Gasteiger charge is 2.15. The van der Waals surface area contributed by atoms with Crippen LogP contribution in [-0.2, 0) is 6.54 Å². The van der Waals surface area contributed by atoms with E-state index in [4.69, 9.17) is 0 Å². The fraction of sp³-hybridized carbons (Fsp3) is 0.684. The van der Waals surface area contributed by atoms with Gasteiger partial charge in [-0.2, -0.15) is 0 Å². The van der Waals surface area contributed by atoms with Crippen LogP contribution in [0.4, 0.5) is 5.69 Å². The molecule has 1 aromatic carbocycles. The molecule has 0 atom stereocenters. The summed E-state index contributed by atoms with van der Waals surface area (Å²) in [7, 11) is 2.24. The molecule has 1 N–H and O–H groups in total. The van der Waals surface area contributed by atoms with Crippen molar-refractivity contribution in [3.63, 3.8) is 0 Å². The average molecular weight is 288 g/mol. The monoisotopic (exact) mass is 288 g/mol. The Hall–Kier alpha value is -1.02. The summed E-state index contributed by atoms with van der Waals surface area (Å²) in [4.78, 5) is 2.43. The zero-order chi connectivity index (χ0) is 15.1. The van der Waals surface area contributed by atoms with Crippen LogP contribution in [0.5, 0.6) is 0 Å². The first-order valence-corrected chi connectivity index (χ1v) is 8.66. The van der Waals surface area contributed by atoms with Gasteiger partial charge in [-0.15, -0.1) is 0 Å². The zero-order valence-electron chi connectivity index (χ0n) is 14.1. The highest BCUT2D eigenvalue weighted by atomic mass is 15.1.